The summed E-state index contributed by atoms with van der Waals surface area (Å²) >= 11 is 1.39. The molecule has 0 bridgehead atoms. The van der Waals surface area contributed by atoms with Crippen molar-refractivity contribution in [1.82, 2.24) is 20.3 Å². The van der Waals surface area contributed by atoms with Crippen LogP contribution in [-0.2, 0) is 0 Å². The first-order valence-corrected chi connectivity index (χ1v) is 7.43. The molecule has 5 nitrogen and oxygen atoms in total. The molecular formula is C14H18N4OS. The molecule has 2 aromatic heterocycles. The van der Waals surface area contributed by atoms with Crippen molar-refractivity contribution in [2.24, 2.45) is 0 Å². The van der Waals surface area contributed by atoms with Gasteiger partial charge in [0.05, 0.1) is 5.69 Å². The van der Waals surface area contributed by atoms with Gasteiger partial charge < -0.3 is 10.3 Å². The molecule has 0 saturated carbocycles. The molecule has 0 aliphatic heterocycles. The normalized spacial score (nSPS) is 12.3. The summed E-state index contributed by atoms with van der Waals surface area (Å²) in [5.41, 5.74) is 0.863. The number of hydrogen-bond donors (Lipinski definition) is 2. The molecule has 0 aliphatic rings. The molecule has 1 unspecified atom stereocenters. The van der Waals surface area contributed by atoms with Crippen LogP contribution >= 0.6 is 11.8 Å². The number of nitrogens with one attached hydrogen (secondary N) is 2. The summed E-state index contributed by atoms with van der Waals surface area (Å²) in [5.74, 6) is 0. The molecule has 0 saturated heterocycles. The van der Waals surface area contributed by atoms with Crippen molar-refractivity contribution >= 4 is 11.8 Å². The SMILES string of the molecule is CCCNC(C)c1ccc(Sc2nccc(=O)[nH]2)cn1. The zero-order valence-corrected chi connectivity index (χ0v) is 12.4. The van der Waals surface area contributed by atoms with Crippen LogP contribution in [0.4, 0.5) is 0 Å². The van der Waals surface area contributed by atoms with Crippen LogP contribution in [0.1, 0.15) is 32.0 Å². The lowest BCUT2D eigenvalue weighted by Gasteiger charge is -2.12. The van der Waals surface area contributed by atoms with Gasteiger partial charge in [0, 0.05) is 29.4 Å². The molecule has 1 atom stereocenters. The van der Waals surface area contributed by atoms with E-state index < -0.39 is 0 Å². The molecule has 20 heavy (non-hydrogen) atoms. The molecule has 2 N–H and O–H groups in total. The lowest BCUT2D eigenvalue weighted by molar-refractivity contribution is 0.558. The zero-order valence-electron chi connectivity index (χ0n) is 11.6. The monoisotopic (exact) mass is 290 g/mol. The standard InChI is InChI=1S/C14H18N4OS/c1-3-7-15-10(2)12-5-4-11(9-17-12)20-14-16-8-6-13(19)18-14/h4-6,8-10,15H,3,7H2,1-2H3,(H,16,18,19). The lowest BCUT2D eigenvalue weighted by Crippen LogP contribution is -2.20. The van der Waals surface area contributed by atoms with Gasteiger partial charge in [-0.15, -0.1) is 0 Å². The maximum Gasteiger partial charge on any atom is 0.251 e. The van der Waals surface area contributed by atoms with E-state index in [4.69, 9.17) is 0 Å². The van der Waals surface area contributed by atoms with E-state index >= 15 is 0 Å². The van der Waals surface area contributed by atoms with Gasteiger partial charge in [0.1, 0.15) is 0 Å². The first-order valence-electron chi connectivity index (χ1n) is 6.61. The Hall–Kier alpha value is -1.66. The summed E-state index contributed by atoms with van der Waals surface area (Å²) in [6.45, 7) is 5.22. The van der Waals surface area contributed by atoms with Crippen molar-refractivity contribution in [3.8, 4) is 0 Å². The van der Waals surface area contributed by atoms with Crippen LogP contribution in [0.25, 0.3) is 0 Å². The molecule has 0 aromatic carbocycles. The molecule has 0 aliphatic carbocycles. The Morgan fingerprint density at radius 1 is 1.35 bits per heavy atom. The molecule has 2 heterocycles. The summed E-state index contributed by atoms with van der Waals surface area (Å²) in [6.07, 6.45) is 4.40. The minimum absolute atomic E-state index is 0.149. The Balaban J connectivity index is 2.03. The van der Waals surface area contributed by atoms with Gasteiger partial charge in [0.15, 0.2) is 5.16 Å². The molecule has 6 heteroatoms. The molecule has 2 aromatic rings. The number of aromatic nitrogens is 3. The highest BCUT2D eigenvalue weighted by atomic mass is 32.2. The fraction of sp³-hybridized carbons (Fsp3) is 0.357. The second kappa shape index (κ2) is 7.21. The van der Waals surface area contributed by atoms with Crippen LogP contribution in [0.2, 0.25) is 0 Å². The third kappa shape index (κ3) is 4.18. The van der Waals surface area contributed by atoms with E-state index in [0.717, 1.165) is 23.6 Å². The Morgan fingerprint density at radius 2 is 2.20 bits per heavy atom. The predicted octanol–water partition coefficient (Wildman–Crippen LogP) is 2.38. The van der Waals surface area contributed by atoms with E-state index in [1.165, 1.54) is 24.0 Å². The number of H-pyrrole nitrogens is 1. The highest BCUT2D eigenvalue weighted by Gasteiger charge is 2.06. The number of hydrogen-bond acceptors (Lipinski definition) is 5. The van der Waals surface area contributed by atoms with Crippen LogP contribution in [-0.4, -0.2) is 21.5 Å². The van der Waals surface area contributed by atoms with Gasteiger partial charge in [-0.1, -0.05) is 18.7 Å². The maximum atomic E-state index is 11.2. The first kappa shape index (κ1) is 14.7. The third-order valence-electron chi connectivity index (χ3n) is 2.77. The second-order valence-corrected chi connectivity index (χ2v) is 5.50. The average Bonchev–Trinajstić information content (AvgIpc) is 2.45. The minimum atomic E-state index is -0.149. The minimum Gasteiger partial charge on any atom is -0.309 e. The summed E-state index contributed by atoms with van der Waals surface area (Å²) < 4.78 is 0. The van der Waals surface area contributed by atoms with Crippen LogP contribution < -0.4 is 10.9 Å². The Morgan fingerprint density at radius 3 is 2.85 bits per heavy atom. The van der Waals surface area contributed by atoms with Gasteiger partial charge in [-0.3, -0.25) is 9.78 Å². The quantitative estimate of drug-likeness (QED) is 0.799. The van der Waals surface area contributed by atoms with Gasteiger partial charge in [-0.05, 0) is 32.0 Å². The van der Waals surface area contributed by atoms with Crippen molar-refractivity contribution < 1.29 is 0 Å². The maximum absolute atomic E-state index is 11.2. The van der Waals surface area contributed by atoms with Crippen LogP contribution in [0.5, 0.6) is 0 Å². The zero-order chi connectivity index (χ0) is 14.4. The first-order chi connectivity index (χ1) is 9.69. The number of pyridine rings is 1. The topological polar surface area (TPSA) is 70.7 Å². The van der Waals surface area contributed by atoms with Crippen molar-refractivity contribution in [3.05, 3.63) is 46.6 Å². The van der Waals surface area contributed by atoms with Gasteiger partial charge in [0.2, 0.25) is 0 Å². The number of aromatic amines is 1. The Kier molecular flexibility index (Phi) is 5.31. The Bertz CT molecular complexity index is 597. The van der Waals surface area contributed by atoms with Crippen molar-refractivity contribution in [1.29, 1.82) is 0 Å². The molecule has 0 amide bonds. The molecular weight excluding hydrogens is 272 g/mol. The summed E-state index contributed by atoms with van der Waals surface area (Å²) in [5, 5.41) is 3.97. The number of rotatable bonds is 6. The van der Waals surface area contributed by atoms with Crippen LogP contribution in [0, 0.1) is 0 Å². The van der Waals surface area contributed by atoms with Crippen LogP contribution in [0.3, 0.4) is 0 Å². The summed E-state index contributed by atoms with van der Waals surface area (Å²) in [7, 11) is 0. The van der Waals surface area contributed by atoms with E-state index in [-0.39, 0.29) is 11.6 Å². The van der Waals surface area contributed by atoms with Crippen molar-refractivity contribution in [2.45, 2.75) is 36.4 Å². The highest BCUT2D eigenvalue weighted by Crippen LogP contribution is 2.23. The van der Waals surface area contributed by atoms with E-state index in [9.17, 15) is 4.79 Å². The average molecular weight is 290 g/mol. The van der Waals surface area contributed by atoms with Crippen LogP contribution in [0.15, 0.2) is 45.4 Å². The Labute approximate surface area is 122 Å². The van der Waals surface area contributed by atoms with Gasteiger partial charge in [0.25, 0.3) is 5.56 Å². The fourth-order valence-corrected chi connectivity index (χ4v) is 2.42. The molecule has 2 rings (SSSR count). The molecule has 0 fully saturated rings. The van der Waals surface area contributed by atoms with Crippen molar-refractivity contribution in [2.75, 3.05) is 6.54 Å². The summed E-state index contributed by atoms with van der Waals surface area (Å²) in [4.78, 5) is 23.4. The van der Waals surface area contributed by atoms with Gasteiger partial charge in [-0.25, -0.2) is 4.98 Å². The third-order valence-corrected chi connectivity index (χ3v) is 3.64. The summed E-state index contributed by atoms with van der Waals surface area (Å²) in [6, 6.07) is 5.62. The van der Waals surface area contributed by atoms with Gasteiger partial charge >= 0.3 is 0 Å². The molecule has 0 radical (unpaired) electrons. The highest BCUT2D eigenvalue weighted by molar-refractivity contribution is 7.99. The fourth-order valence-electron chi connectivity index (χ4n) is 1.69. The molecule has 0 spiro atoms. The van der Waals surface area contributed by atoms with E-state index in [1.807, 2.05) is 12.1 Å². The van der Waals surface area contributed by atoms with Crippen molar-refractivity contribution in [3.63, 3.8) is 0 Å². The van der Waals surface area contributed by atoms with E-state index in [0.29, 0.717) is 5.16 Å². The largest absolute Gasteiger partial charge is 0.309 e. The second-order valence-electron chi connectivity index (χ2n) is 4.44. The smallest absolute Gasteiger partial charge is 0.251 e. The van der Waals surface area contributed by atoms with Gasteiger partial charge in [-0.2, -0.15) is 0 Å². The molecule has 106 valence electrons. The van der Waals surface area contributed by atoms with E-state index in [2.05, 4.69) is 34.1 Å². The predicted molar refractivity (Wildman–Crippen MR) is 79.9 cm³/mol. The number of nitrogens with zero attached hydrogens (tertiary/aromatic N) is 2. The lowest BCUT2D eigenvalue weighted by atomic mass is 10.2. The van der Waals surface area contributed by atoms with E-state index in [1.54, 1.807) is 6.20 Å².